The Balaban J connectivity index is 2.26. The van der Waals surface area contributed by atoms with Crippen molar-refractivity contribution in [1.82, 2.24) is 4.57 Å². The molecule has 0 aliphatic carbocycles. The number of nitrogens with zero attached hydrogens (tertiary/aromatic N) is 1. The molecule has 1 aromatic carbocycles. The number of benzene rings is 1. The number of aliphatic hydroxyl groups is 1. The fourth-order valence-electron chi connectivity index (χ4n) is 1.84. The van der Waals surface area contributed by atoms with Gasteiger partial charge in [0.2, 0.25) is 0 Å². The molecule has 0 unspecified atom stereocenters. The maximum atomic E-state index is 12.2. The second kappa shape index (κ2) is 5.59. The quantitative estimate of drug-likeness (QED) is 0.913. The Morgan fingerprint density at radius 2 is 2.16 bits per heavy atom. The van der Waals surface area contributed by atoms with E-state index in [1.807, 2.05) is 32.3 Å². The van der Waals surface area contributed by atoms with Gasteiger partial charge in [-0.1, -0.05) is 12.1 Å². The van der Waals surface area contributed by atoms with Gasteiger partial charge in [0, 0.05) is 23.4 Å². The third-order valence-corrected chi connectivity index (χ3v) is 3.37. The molecule has 19 heavy (non-hydrogen) atoms. The molecule has 0 bridgehead atoms. The average molecular weight is 323 g/mol. The number of carbonyl (C=O) groups excluding carboxylic acids is 1. The molecule has 0 spiro atoms. The molecule has 0 saturated heterocycles. The summed E-state index contributed by atoms with van der Waals surface area (Å²) in [5.74, 6) is -0.175. The number of aryl methyl sites for hydroxylation is 2. The van der Waals surface area contributed by atoms with Crippen LogP contribution in [-0.2, 0) is 13.7 Å². The summed E-state index contributed by atoms with van der Waals surface area (Å²) in [5, 5.41) is 12.0. The number of anilines is 1. The smallest absolute Gasteiger partial charge is 0.272 e. The highest BCUT2D eigenvalue weighted by molar-refractivity contribution is 9.10. The number of amides is 1. The molecule has 0 atom stereocenters. The van der Waals surface area contributed by atoms with E-state index in [9.17, 15) is 4.79 Å². The van der Waals surface area contributed by atoms with E-state index in [4.69, 9.17) is 5.11 Å². The van der Waals surface area contributed by atoms with Crippen LogP contribution >= 0.6 is 15.9 Å². The van der Waals surface area contributed by atoms with Crippen molar-refractivity contribution in [3.63, 3.8) is 0 Å². The highest BCUT2D eigenvalue weighted by Crippen LogP contribution is 2.19. The SMILES string of the molecule is Cc1ccc(CO)cc1NC(=O)c1cc(Br)cn1C. The molecule has 2 N–H and O–H groups in total. The second-order valence-corrected chi connectivity index (χ2v) is 5.33. The maximum Gasteiger partial charge on any atom is 0.272 e. The molecular formula is C14H15BrN2O2. The molecule has 4 nitrogen and oxygen atoms in total. The van der Waals surface area contributed by atoms with Gasteiger partial charge in [0.25, 0.3) is 5.91 Å². The van der Waals surface area contributed by atoms with Gasteiger partial charge in [0.15, 0.2) is 0 Å². The van der Waals surface area contributed by atoms with Crippen LogP contribution in [0.15, 0.2) is 34.9 Å². The molecule has 5 heteroatoms. The van der Waals surface area contributed by atoms with E-state index in [1.165, 1.54) is 0 Å². The lowest BCUT2D eigenvalue weighted by molar-refractivity contribution is 0.101. The molecule has 1 aromatic heterocycles. The summed E-state index contributed by atoms with van der Waals surface area (Å²) < 4.78 is 2.62. The zero-order valence-corrected chi connectivity index (χ0v) is 12.4. The average Bonchev–Trinajstić information content (AvgIpc) is 2.71. The summed E-state index contributed by atoms with van der Waals surface area (Å²) in [6.45, 7) is 1.87. The van der Waals surface area contributed by atoms with Gasteiger partial charge in [-0.3, -0.25) is 4.79 Å². The summed E-state index contributed by atoms with van der Waals surface area (Å²) >= 11 is 3.34. The molecular weight excluding hydrogens is 308 g/mol. The molecule has 0 radical (unpaired) electrons. The lowest BCUT2D eigenvalue weighted by Crippen LogP contribution is -2.16. The normalized spacial score (nSPS) is 10.5. The van der Waals surface area contributed by atoms with E-state index < -0.39 is 0 Å². The van der Waals surface area contributed by atoms with Crippen molar-refractivity contribution in [2.24, 2.45) is 7.05 Å². The highest BCUT2D eigenvalue weighted by atomic mass is 79.9. The lowest BCUT2D eigenvalue weighted by atomic mass is 10.1. The van der Waals surface area contributed by atoms with Crippen molar-refractivity contribution in [3.05, 3.63) is 51.8 Å². The van der Waals surface area contributed by atoms with Crippen molar-refractivity contribution in [2.45, 2.75) is 13.5 Å². The largest absolute Gasteiger partial charge is 0.392 e. The summed E-state index contributed by atoms with van der Waals surface area (Å²) in [7, 11) is 1.82. The number of aliphatic hydroxyl groups excluding tert-OH is 1. The first-order chi connectivity index (χ1) is 9.01. The van der Waals surface area contributed by atoms with E-state index in [2.05, 4.69) is 21.2 Å². The molecule has 2 aromatic rings. The summed E-state index contributed by atoms with van der Waals surface area (Å²) in [5.41, 5.74) is 3.02. The van der Waals surface area contributed by atoms with Crippen LogP contribution in [-0.4, -0.2) is 15.6 Å². The molecule has 100 valence electrons. The Kier molecular flexibility index (Phi) is 4.07. The fraction of sp³-hybridized carbons (Fsp3) is 0.214. The Labute approximate surface area is 120 Å². The molecule has 1 heterocycles. The van der Waals surface area contributed by atoms with Gasteiger partial charge in [-0.2, -0.15) is 0 Å². The fourth-order valence-corrected chi connectivity index (χ4v) is 2.36. The summed E-state index contributed by atoms with van der Waals surface area (Å²) in [6, 6.07) is 7.26. The maximum absolute atomic E-state index is 12.2. The van der Waals surface area contributed by atoms with Gasteiger partial charge in [0.05, 0.1) is 6.61 Å². The highest BCUT2D eigenvalue weighted by Gasteiger charge is 2.12. The minimum absolute atomic E-state index is 0.0428. The van der Waals surface area contributed by atoms with E-state index in [1.54, 1.807) is 16.7 Å². The molecule has 1 amide bonds. The number of carbonyl (C=O) groups is 1. The van der Waals surface area contributed by atoms with Gasteiger partial charge < -0.3 is 15.0 Å². The van der Waals surface area contributed by atoms with Crippen molar-refractivity contribution >= 4 is 27.5 Å². The number of aromatic nitrogens is 1. The van der Waals surface area contributed by atoms with Crippen LogP contribution in [0.3, 0.4) is 0 Å². The molecule has 0 saturated carbocycles. The molecule has 0 fully saturated rings. The summed E-state index contributed by atoms with van der Waals surface area (Å²) in [4.78, 5) is 12.2. The van der Waals surface area contributed by atoms with Gasteiger partial charge in [-0.15, -0.1) is 0 Å². The van der Waals surface area contributed by atoms with E-state index >= 15 is 0 Å². The van der Waals surface area contributed by atoms with Crippen molar-refractivity contribution in [2.75, 3.05) is 5.32 Å². The number of hydrogen-bond donors (Lipinski definition) is 2. The first-order valence-corrected chi connectivity index (χ1v) is 6.64. The Morgan fingerprint density at radius 3 is 2.74 bits per heavy atom. The first kappa shape index (κ1) is 13.8. The van der Waals surface area contributed by atoms with Crippen molar-refractivity contribution < 1.29 is 9.90 Å². The van der Waals surface area contributed by atoms with Crippen LogP contribution in [0.4, 0.5) is 5.69 Å². The third-order valence-electron chi connectivity index (χ3n) is 2.94. The second-order valence-electron chi connectivity index (χ2n) is 4.42. The zero-order valence-electron chi connectivity index (χ0n) is 10.8. The standard InChI is InChI=1S/C14H15BrN2O2/c1-9-3-4-10(8-18)5-12(9)16-14(19)13-6-11(15)7-17(13)2/h3-7,18H,8H2,1-2H3,(H,16,19). The topological polar surface area (TPSA) is 54.3 Å². The monoisotopic (exact) mass is 322 g/mol. The Morgan fingerprint density at radius 1 is 1.42 bits per heavy atom. The van der Waals surface area contributed by atoms with Crippen molar-refractivity contribution in [3.8, 4) is 0 Å². The van der Waals surface area contributed by atoms with Crippen LogP contribution in [0.5, 0.6) is 0 Å². The predicted octanol–water partition coefficient (Wildman–Crippen LogP) is 2.84. The van der Waals surface area contributed by atoms with E-state index in [0.29, 0.717) is 11.4 Å². The van der Waals surface area contributed by atoms with Crippen LogP contribution in [0.2, 0.25) is 0 Å². The van der Waals surface area contributed by atoms with Crippen molar-refractivity contribution in [1.29, 1.82) is 0 Å². The van der Waals surface area contributed by atoms with E-state index in [0.717, 1.165) is 15.6 Å². The minimum Gasteiger partial charge on any atom is -0.392 e. The van der Waals surface area contributed by atoms with Crippen LogP contribution in [0.25, 0.3) is 0 Å². The van der Waals surface area contributed by atoms with E-state index in [-0.39, 0.29) is 12.5 Å². The molecule has 0 aliphatic rings. The van der Waals surface area contributed by atoms with Crippen LogP contribution in [0.1, 0.15) is 21.6 Å². The predicted molar refractivity (Wildman–Crippen MR) is 78.2 cm³/mol. The third kappa shape index (κ3) is 3.05. The lowest BCUT2D eigenvalue weighted by Gasteiger charge is -2.10. The minimum atomic E-state index is -0.175. The zero-order chi connectivity index (χ0) is 14.0. The van der Waals surface area contributed by atoms with Crippen LogP contribution in [0, 0.1) is 6.92 Å². The Bertz CT molecular complexity index is 620. The van der Waals surface area contributed by atoms with Gasteiger partial charge in [0.1, 0.15) is 5.69 Å². The molecule has 0 aliphatic heterocycles. The number of hydrogen-bond acceptors (Lipinski definition) is 2. The van der Waals surface area contributed by atoms with Gasteiger partial charge >= 0.3 is 0 Å². The Hall–Kier alpha value is -1.59. The van der Waals surface area contributed by atoms with Gasteiger partial charge in [-0.25, -0.2) is 0 Å². The first-order valence-electron chi connectivity index (χ1n) is 5.85. The summed E-state index contributed by atoms with van der Waals surface area (Å²) in [6.07, 6.45) is 1.83. The number of halogens is 1. The number of rotatable bonds is 3. The number of nitrogens with one attached hydrogen (secondary N) is 1. The van der Waals surface area contributed by atoms with Crippen LogP contribution < -0.4 is 5.32 Å². The van der Waals surface area contributed by atoms with Gasteiger partial charge in [-0.05, 0) is 46.1 Å². The molecule has 2 rings (SSSR count).